The van der Waals surface area contributed by atoms with Gasteiger partial charge in [0.15, 0.2) is 4.90 Å². The van der Waals surface area contributed by atoms with E-state index in [-0.39, 0.29) is 5.69 Å². The van der Waals surface area contributed by atoms with Gasteiger partial charge in [0.25, 0.3) is 10.0 Å². The van der Waals surface area contributed by atoms with E-state index in [2.05, 4.69) is 5.32 Å². The Hall–Kier alpha value is -2.69. The van der Waals surface area contributed by atoms with Crippen LogP contribution in [0.1, 0.15) is 12.5 Å². The van der Waals surface area contributed by atoms with E-state index in [9.17, 15) is 35.2 Å². The van der Waals surface area contributed by atoms with E-state index in [1.165, 1.54) is 4.72 Å². The minimum atomic E-state index is -5.00. The van der Waals surface area contributed by atoms with E-state index < -0.39 is 49.9 Å². The molecule has 1 amide bonds. The van der Waals surface area contributed by atoms with Crippen LogP contribution >= 0.6 is 0 Å². The number of hydrogen-bond acceptors (Lipinski definition) is 3. The molecule has 0 aromatic heterocycles. The molecule has 26 heavy (non-hydrogen) atoms. The van der Waals surface area contributed by atoms with Gasteiger partial charge in [-0.2, -0.15) is 13.2 Å². The number of carbonyl (C=O) groups is 1. The number of amides is 1. The van der Waals surface area contributed by atoms with Crippen LogP contribution in [0.4, 0.5) is 33.3 Å². The van der Waals surface area contributed by atoms with Crippen LogP contribution in [0, 0.1) is 11.6 Å². The van der Waals surface area contributed by atoms with E-state index in [1.807, 2.05) is 0 Å². The maximum atomic E-state index is 13.7. The molecule has 0 bridgehead atoms. The lowest BCUT2D eigenvalue weighted by atomic mass is 10.1. The summed E-state index contributed by atoms with van der Waals surface area (Å²) in [5, 5.41) is 2.12. The lowest BCUT2D eigenvalue weighted by Gasteiger charge is -2.16. The summed E-state index contributed by atoms with van der Waals surface area (Å²) in [6.45, 7) is 1.07. The molecule has 0 unspecified atom stereocenters. The van der Waals surface area contributed by atoms with Crippen molar-refractivity contribution in [2.24, 2.45) is 0 Å². The van der Waals surface area contributed by atoms with Crippen molar-refractivity contribution in [1.82, 2.24) is 0 Å². The summed E-state index contributed by atoms with van der Waals surface area (Å²) in [6, 6.07) is 4.45. The van der Waals surface area contributed by atoms with Crippen LogP contribution in [-0.2, 0) is 21.0 Å². The minimum absolute atomic E-state index is 0.232. The lowest BCUT2D eigenvalue weighted by molar-refractivity contribution is -0.136. The first-order valence-corrected chi connectivity index (χ1v) is 8.36. The van der Waals surface area contributed by atoms with Gasteiger partial charge in [-0.3, -0.25) is 9.52 Å². The highest BCUT2D eigenvalue weighted by Gasteiger charge is 2.36. The zero-order valence-corrected chi connectivity index (χ0v) is 13.8. The molecule has 2 aromatic rings. The molecule has 2 N–H and O–H groups in total. The van der Waals surface area contributed by atoms with Gasteiger partial charge in [-0.25, -0.2) is 17.2 Å². The van der Waals surface area contributed by atoms with Gasteiger partial charge in [0.05, 0.1) is 11.3 Å². The Balaban J connectivity index is 2.53. The second-order valence-corrected chi connectivity index (χ2v) is 6.71. The van der Waals surface area contributed by atoms with Gasteiger partial charge in [-0.15, -0.1) is 0 Å². The Morgan fingerprint density at radius 2 is 1.62 bits per heavy atom. The van der Waals surface area contributed by atoms with Gasteiger partial charge in [0, 0.05) is 12.6 Å². The SMILES string of the molecule is CC(=O)Nc1ccc(NS(=O)(=O)c2c(F)cccc2F)c(C(F)(F)F)c1. The van der Waals surface area contributed by atoms with Crippen molar-refractivity contribution in [2.75, 3.05) is 10.0 Å². The van der Waals surface area contributed by atoms with E-state index >= 15 is 0 Å². The fraction of sp³-hybridized carbons (Fsp3) is 0.133. The third kappa shape index (κ3) is 4.28. The molecular weight excluding hydrogens is 383 g/mol. The topological polar surface area (TPSA) is 75.3 Å². The molecular formula is C15H11F5N2O3S. The zero-order chi connectivity index (χ0) is 19.7. The molecule has 2 aromatic carbocycles. The van der Waals surface area contributed by atoms with Crippen molar-refractivity contribution >= 4 is 27.3 Å². The second-order valence-electron chi connectivity index (χ2n) is 5.10. The first-order chi connectivity index (χ1) is 11.9. The third-order valence-corrected chi connectivity index (χ3v) is 4.49. The number of nitrogens with one attached hydrogen (secondary N) is 2. The average molecular weight is 394 g/mol. The Labute approximate surface area is 144 Å². The van der Waals surface area contributed by atoms with Crippen molar-refractivity contribution in [3.8, 4) is 0 Å². The Morgan fingerprint density at radius 1 is 1.04 bits per heavy atom. The number of benzene rings is 2. The smallest absolute Gasteiger partial charge is 0.326 e. The highest BCUT2D eigenvalue weighted by atomic mass is 32.2. The fourth-order valence-electron chi connectivity index (χ4n) is 2.08. The molecule has 0 aliphatic rings. The third-order valence-electron chi connectivity index (χ3n) is 3.08. The number of rotatable bonds is 4. The van der Waals surface area contributed by atoms with Crippen molar-refractivity contribution in [3.63, 3.8) is 0 Å². The molecule has 0 saturated carbocycles. The molecule has 5 nitrogen and oxygen atoms in total. The second kappa shape index (κ2) is 6.90. The highest BCUT2D eigenvalue weighted by Crippen LogP contribution is 2.37. The molecule has 0 heterocycles. The molecule has 0 fully saturated rings. The first-order valence-electron chi connectivity index (χ1n) is 6.87. The summed E-state index contributed by atoms with van der Waals surface area (Å²) in [6.07, 6.45) is -5.00. The van der Waals surface area contributed by atoms with E-state index in [0.29, 0.717) is 18.2 Å². The van der Waals surface area contributed by atoms with Crippen LogP contribution in [0.15, 0.2) is 41.3 Å². The molecule has 0 saturated heterocycles. The van der Waals surface area contributed by atoms with Gasteiger partial charge in [0.1, 0.15) is 11.6 Å². The van der Waals surface area contributed by atoms with Gasteiger partial charge in [-0.05, 0) is 30.3 Å². The molecule has 2 rings (SSSR count). The van der Waals surface area contributed by atoms with Crippen LogP contribution in [-0.4, -0.2) is 14.3 Å². The molecule has 11 heteroatoms. The molecule has 0 aliphatic carbocycles. The number of hydrogen-bond donors (Lipinski definition) is 2. The largest absolute Gasteiger partial charge is 0.418 e. The van der Waals surface area contributed by atoms with Gasteiger partial charge in [-0.1, -0.05) is 6.07 Å². The lowest BCUT2D eigenvalue weighted by Crippen LogP contribution is -2.20. The van der Waals surface area contributed by atoms with Crippen molar-refractivity contribution in [3.05, 3.63) is 53.6 Å². The maximum Gasteiger partial charge on any atom is 0.418 e. The van der Waals surface area contributed by atoms with Gasteiger partial charge >= 0.3 is 6.18 Å². The average Bonchev–Trinajstić information content (AvgIpc) is 2.46. The highest BCUT2D eigenvalue weighted by molar-refractivity contribution is 7.92. The summed E-state index contributed by atoms with van der Waals surface area (Å²) in [5.41, 5.74) is -2.62. The normalized spacial score (nSPS) is 11.9. The van der Waals surface area contributed by atoms with Crippen LogP contribution in [0.25, 0.3) is 0 Å². The van der Waals surface area contributed by atoms with Gasteiger partial charge < -0.3 is 5.32 Å². The minimum Gasteiger partial charge on any atom is -0.326 e. The number of halogens is 5. The van der Waals surface area contributed by atoms with Gasteiger partial charge in [0.2, 0.25) is 5.91 Å². The maximum absolute atomic E-state index is 13.7. The zero-order valence-electron chi connectivity index (χ0n) is 13.0. The molecule has 0 aliphatic heterocycles. The van der Waals surface area contributed by atoms with E-state index in [4.69, 9.17) is 0 Å². The number of carbonyl (C=O) groups excluding carboxylic acids is 1. The van der Waals surface area contributed by atoms with Crippen LogP contribution in [0.3, 0.4) is 0 Å². The fourth-order valence-corrected chi connectivity index (χ4v) is 3.30. The van der Waals surface area contributed by atoms with Crippen molar-refractivity contribution in [1.29, 1.82) is 0 Å². The van der Waals surface area contributed by atoms with E-state index in [1.54, 1.807) is 0 Å². The monoisotopic (exact) mass is 394 g/mol. The Bertz CT molecular complexity index is 938. The van der Waals surface area contributed by atoms with Crippen molar-refractivity contribution in [2.45, 2.75) is 18.0 Å². The molecule has 0 radical (unpaired) electrons. The first kappa shape index (κ1) is 19.6. The predicted molar refractivity (Wildman–Crippen MR) is 82.9 cm³/mol. The molecule has 0 atom stereocenters. The summed E-state index contributed by atoms with van der Waals surface area (Å²) in [7, 11) is -4.98. The van der Waals surface area contributed by atoms with Crippen LogP contribution in [0.5, 0.6) is 0 Å². The summed E-state index contributed by atoms with van der Waals surface area (Å²) in [4.78, 5) is 9.56. The van der Waals surface area contributed by atoms with E-state index in [0.717, 1.165) is 25.1 Å². The summed E-state index contributed by atoms with van der Waals surface area (Å²) >= 11 is 0. The summed E-state index contributed by atoms with van der Waals surface area (Å²) in [5.74, 6) is -3.55. The van der Waals surface area contributed by atoms with Crippen LogP contribution < -0.4 is 10.0 Å². The van der Waals surface area contributed by atoms with Crippen LogP contribution in [0.2, 0.25) is 0 Å². The predicted octanol–water partition coefficient (Wildman–Crippen LogP) is 3.74. The number of alkyl halides is 3. The number of anilines is 2. The van der Waals surface area contributed by atoms with Crippen molar-refractivity contribution < 1.29 is 35.2 Å². The Kier molecular flexibility index (Phi) is 5.21. The summed E-state index contributed by atoms with van der Waals surface area (Å²) < 4.78 is 92.8. The standard InChI is InChI=1S/C15H11F5N2O3S/c1-8(23)21-9-5-6-13(10(7-9)15(18,19)20)22-26(24,25)14-11(16)3-2-4-12(14)17/h2-7,22H,1H3,(H,21,23). The molecule has 0 spiro atoms. The molecule has 140 valence electrons. The number of sulfonamides is 1. The quantitative estimate of drug-likeness (QED) is 0.776. The Morgan fingerprint density at radius 3 is 2.12 bits per heavy atom.